The summed E-state index contributed by atoms with van der Waals surface area (Å²) in [4.78, 5) is 45.0. The van der Waals surface area contributed by atoms with Crippen LogP contribution in [0.2, 0.25) is 25.7 Å². The second-order valence-corrected chi connectivity index (χ2v) is 17.9. The number of aromatic nitrogens is 2. The van der Waals surface area contributed by atoms with E-state index in [0.29, 0.717) is 12.4 Å². The van der Waals surface area contributed by atoms with E-state index in [0.717, 1.165) is 26.3 Å². The number of nitrogens with zero attached hydrogens (tertiary/aromatic N) is 3. The molecular formula is C30H42F3N5O7Si. The molecule has 2 amide bonds. The van der Waals surface area contributed by atoms with Gasteiger partial charge < -0.3 is 28.8 Å². The number of esters is 1. The van der Waals surface area contributed by atoms with Crippen LogP contribution in [0.1, 0.15) is 39.1 Å². The molecule has 2 aromatic rings. The van der Waals surface area contributed by atoms with Crippen molar-refractivity contribution < 1.29 is 46.5 Å². The second-order valence-electron chi connectivity index (χ2n) is 12.3. The molecule has 1 aromatic heterocycles. The molecule has 0 aliphatic rings. The minimum absolute atomic E-state index is 0.00694. The molecule has 2 rings (SSSR count). The Morgan fingerprint density at radius 2 is 1.78 bits per heavy atom. The molecule has 0 bridgehead atoms. The number of nitrogens with one attached hydrogen (secondary N) is 2. The van der Waals surface area contributed by atoms with Gasteiger partial charge in [-0.25, -0.2) is 24.4 Å². The molecule has 16 heteroatoms. The minimum Gasteiger partial charge on any atom is -0.464 e. The van der Waals surface area contributed by atoms with E-state index in [1.165, 1.54) is 18.3 Å². The van der Waals surface area contributed by atoms with Gasteiger partial charge in [-0.3, -0.25) is 5.32 Å². The molecule has 0 aliphatic heterocycles. The molecule has 0 fully saturated rings. The highest BCUT2D eigenvalue weighted by Crippen LogP contribution is 2.35. The first-order valence-electron chi connectivity index (χ1n) is 14.3. The Kier molecular flexibility index (Phi) is 13.1. The molecular weight excluding hydrogens is 627 g/mol. The smallest absolute Gasteiger partial charge is 0.440 e. The van der Waals surface area contributed by atoms with Crippen molar-refractivity contribution in [3.8, 4) is 11.3 Å². The third-order valence-corrected chi connectivity index (χ3v) is 7.73. The maximum Gasteiger partial charge on any atom is 0.440 e. The molecule has 0 radical (unpaired) electrons. The van der Waals surface area contributed by atoms with Crippen LogP contribution in [0.3, 0.4) is 0 Å². The van der Waals surface area contributed by atoms with Gasteiger partial charge in [0.25, 0.3) is 0 Å². The summed E-state index contributed by atoms with van der Waals surface area (Å²) in [5.41, 5.74) is -2.73. The van der Waals surface area contributed by atoms with E-state index >= 15 is 0 Å². The fourth-order valence-electron chi connectivity index (χ4n) is 3.86. The van der Waals surface area contributed by atoms with Crippen molar-refractivity contribution in [3.63, 3.8) is 0 Å². The lowest BCUT2D eigenvalue weighted by Crippen LogP contribution is -2.36. The van der Waals surface area contributed by atoms with Gasteiger partial charge in [0.05, 0.1) is 31.6 Å². The van der Waals surface area contributed by atoms with E-state index in [4.69, 9.17) is 9.47 Å². The fourth-order valence-corrected chi connectivity index (χ4v) is 4.61. The van der Waals surface area contributed by atoms with Crippen LogP contribution in [0.5, 0.6) is 0 Å². The highest BCUT2D eigenvalue weighted by Gasteiger charge is 2.42. The number of carbonyl (C=O) groups excluding carboxylic acids is 3. The number of benzene rings is 1. The summed E-state index contributed by atoms with van der Waals surface area (Å²) in [6.07, 6.45) is -3.44. The van der Waals surface area contributed by atoms with Crippen molar-refractivity contribution in [2.75, 3.05) is 26.1 Å². The fraction of sp³-hybridized carbons (Fsp3) is 0.500. The first-order chi connectivity index (χ1) is 21.3. The standard InChI is InChI=1S/C30H42F3N5O7Si/c1-10-11-21(37-28(41)45-29(2,3)4)25-36-23(17-38(25)18-44-14-15-46(7,8)9)20-13-12-19(34-27(40)43-6)16-22(20)35-24(26(39)42-5)30(31,32)33/h10,12-13,16-17,21H,1,11,14-15,18H2,2-9H3,(H,34,40)(H,37,41)/t21-/m0/s1. The summed E-state index contributed by atoms with van der Waals surface area (Å²) in [6.45, 7) is 16.0. The number of aliphatic imine (C=N–C) groups is 1. The largest absolute Gasteiger partial charge is 0.464 e. The molecule has 12 nitrogen and oxygen atoms in total. The first kappa shape index (κ1) is 38.0. The van der Waals surface area contributed by atoms with Crippen molar-refractivity contribution in [1.29, 1.82) is 0 Å². The summed E-state index contributed by atoms with van der Waals surface area (Å²) >= 11 is 0. The van der Waals surface area contributed by atoms with Crippen LogP contribution in [0.15, 0.2) is 42.0 Å². The van der Waals surface area contributed by atoms with Gasteiger partial charge in [-0.2, -0.15) is 13.2 Å². The summed E-state index contributed by atoms with van der Waals surface area (Å²) in [7, 11) is 0.490. The number of methoxy groups -OCH3 is 2. The number of amides is 2. The maximum atomic E-state index is 13.9. The minimum atomic E-state index is -5.17. The van der Waals surface area contributed by atoms with Crippen molar-refractivity contribution >= 4 is 43.3 Å². The summed E-state index contributed by atoms with van der Waals surface area (Å²) in [5.74, 6) is -1.41. The van der Waals surface area contributed by atoms with Crippen LogP contribution >= 0.6 is 0 Å². The lowest BCUT2D eigenvalue weighted by Gasteiger charge is -2.23. The number of hydrogen-bond donors (Lipinski definition) is 2. The Hall–Kier alpha value is -4.18. The van der Waals surface area contributed by atoms with Gasteiger partial charge in [0.1, 0.15) is 18.2 Å². The maximum absolute atomic E-state index is 13.9. The van der Waals surface area contributed by atoms with Gasteiger partial charge >= 0.3 is 24.3 Å². The van der Waals surface area contributed by atoms with E-state index in [9.17, 15) is 27.6 Å². The Labute approximate surface area is 267 Å². The first-order valence-corrected chi connectivity index (χ1v) is 18.0. The third kappa shape index (κ3) is 12.0. The SMILES string of the molecule is C=CC[C@H](NC(=O)OC(C)(C)C)c1nc(-c2ccc(NC(=O)OC)cc2N=C(C(=O)OC)C(F)(F)F)cn1COCC[Si](C)(C)C. The van der Waals surface area contributed by atoms with Crippen molar-refractivity contribution in [1.82, 2.24) is 14.9 Å². The number of halogens is 3. The number of alkyl halides is 3. The molecule has 46 heavy (non-hydrogen) atoms. The van der Waals surface area contributed by atoms with Crippen molar-refractivity contribution in [2.24, 2.45) is 4.99 Å². The van der Waals surface area contributed by atoms with Crippen LogP contribution in [-0.4, -0.2) is 74.1 Å². The Balaban J connectivity index is 2.76. The number of rotatable bonds is 13. The summed E-state index contributed by atoms with van der Waals surface area (Å²) in [6, 6.07) is 4.01. The number of alkyl carbamates (subject to hydrolysis) is 1. The van der Waals surface area contributed by atoms with Crippen LogP contribution in [0, 0.1) is 0 Å². The number of carbonyl (C=O) groups is 3. The molecule has 254 valence electrons. The summed E-state index contributed by atoms with van der Waals surface area (Å²) < 4.78 is 63.5. The molecule has 0 unspecified atom stereocenters. The Morgan fingerprint density at radius 3 is 2.33 bits per heavy atom. The van der Waals surface area contributed by atoms with Crippen LogP contribution in [-0.2, 0) is 30.5 Å². The zero-order valence-electron chi connectivity index (χ0n) is 27.3. The van der Waals surface area contributed by atoms with E-state index < -0.39 is 49.8 Å². The lowest BCUT2D eigenvalue weighted by atomic mass is 10.1. The van der Waals surface area contributed by atoms with Gasteiger partial charge in [-0.1, -0.05) is 25.7 Å². The summed E-state index contributed by atoms with van der Waals surface area (Å²) in [5, 5.41) is 5.14. The van der Waals surface area contributed by atoms with Crippen molar-refractivity contribution in [3.05, 3.63) is 42.9 Å². The van der Waals surface area contributed by atoms with Crippen LogP contribution in [0.4, 0.5) is 34.1 Å². The Morgan fingerprint density at radius 1 is 1.11 bits per heavy atom. The lowest BCUT2D eigenvalue weighted by molar-refractivity contribution is -0.137. The monoisotopic (exact) mass is 669 g/mol. The predicted molar refractivity (Wildman–Crippen MR) is 170 cm³/mol. The predicted octanol–water partition coefficient (Wildman–Crippen LogP) is 6.99. The van der Waals surface area contributed by atoms with Gasteiger partial charge in [0.15, 0.2) is 0 Å². The molecule has 1 heterocycles. The number of hydrogen-bond acceptors (Lipinski definition) is 9. The van der Waals surface area contributed by atoms with E-state index in [1.54, 1.807) is 31.4 Å². The van der Waals surface area contributed by atoms with Gasteiger partial charge in [-0.15, -0.1) is 6.58 Å². The molecule has 1 aromatic carbocycles. The van der Waals surface area contributed by atoms with Crippen LogP contribution in [0.25, 0.3) is 11.3 Å². The van der Waals surface area contributed by atoms with Gasteiger partial charge in [-0.05, 0) is 51.4 Å². The number of ether oxygens (including phenoxy) is 4. The van der Waals surface area contributed by atoms with Gasteiger partial charge in [0.2, 0.25) is 5.71 Å². The van der Waals surface area contributed by atoms with E-state index in [2.05, 4.69) is 56.3 Å². The molecule has 0 aliphatic carbocycles. The van der Waals surface area contributed by atoms with Crippen molar-refractivity contribution in [2.45, 2.75) is 77.4 Å². The molecule has 2 N–H and O–H groups in total. The molecule has 0 spiro atoms. The molecule has 1 atom stereocenters. The topological polar surface area (TPSA) is 142 Å². The average molecular weight is 670 g/mol. The highest BCUT2D eigenvalue weighted by molar-refractivity contribution is 6.76. The quantitative estimate of drug-likeness (QED) is 0.0580. The van der Waals surface area contributed by atoms with E-state index in [-0.39, 0.29) is 35.8 Å². The number of anilines is 1. The highest BCUT2D eigenvalue weighted by atomic mass is 28.3. The number of imidazole rings is 1. The van der Waals surface area contributed by atoms with E-state index in [1.807, 2.05) is 0 Å². The van der Waals surface area contributed by atoms with Crippen LogP contribution < -0.4 is 10.6 Å². The normalized spacial score (nSPS) is 13.1. The average Bonchev–Trinajstić information content (AvgIpc) is 3.35. The molecule has 0 saturated heterocycles. The van der Waals surface area contributed by atoms with Gasteiger partial charge in [0, 0.05) is 32.1 Å². The zero-order valence-corrected chi connectivity index (χ0v) is 28.3. The zero-order chi connectivity index (χ0) is 34.9. The Bertz CT molecular complexity index is 1430. The second kappa shape index (κ2) is 15.9. The molecule has 0 saturated carbocycles. The third-order valence-electron chi connectivity index (χ3n) is 6.02.